The number of nitrogens with one attached hydrogen (secondary N) is 1. The lowest BCUT2D eigenvalue weighted by Crippen LogP contribution is -2.40. The number of alkyl halides is 2. The summed E-state index contributed by atoms with van der Waals surface area (Å²) < 4.78 is 33.5. The molecule has 1 N–H and O–H groups in total. The van der Waals surface area contributed by atoms with Gasteiger partial charge >= 0.3 is 6.01 Å². The molecule has 3 heterocycles. The Morgan fingerprint density at radius 3 is 2.37 bits per heavy atom. The Hall–Kier alpha value is -3.49. The normalized spacial score (nSPS) is 18.9. The van der Waals surface area contributed by atoms with Crippen LogP contribution in [0.3, 0.4) is 0 Å². The fourth-order valence-corrected chi connectivity index (χ4v) is 4.64. The number of anilines is 1. The molecule has 2 fully saturated rings. The summed E-state index contributed by atoms with van der Waals surface area (Å²) in [7, 11) is 0. The molecule has 2 aliphatic rings. The van der Waals surface area contributed by atoms with Crippen LogP contribution in [0.1, 0.15) is 73.8 Å². The van der Waals surface area contributed by atoms with Gasteiger partial charge in [0.05, 0.1) is 22.6 Å². The molecule has 0 spiro atoms. The van der Waals surface area contributed by atoms with E-state index in [1.165, 1.54) is 12.4 Å². The van der Waals surface area contributed by atoms with Crippen LogP contribution in [0.5, 0.6) is 6.01 Å². The molecule has 0 unspecified atom stereocenters. The summed E-state index contributed by atoms with van der Waals surface area (Å²) in [6, 6.07) is 7.50. The van der Waals surface area contributed by atoms with Gasteiger partial charge in [-0.2, -0.15) is 0 Å². The van der Waals surface area contributed by atoms with Crippen LogP contribution in [0.4, 0.5) is 14.5 Å². The zero-order valence-corrected chi connectivity index (χ0v) is 19.5. The third kappa shape index (κ3) is 5.13. The van der Waals surface area contributed by atoms with E-state index in [0.717, 1.165) is 19.3 Å². The van der Waals surface area contributed by atoms with Crippen LogP contribution in [0.15, 0.2) is 49.1 Å². The van der Waals surface area contributed by atoms with Gasteiger partial charge in [-0.15, -0.1) is 0 Å². The molecule has 35 heavy (non-hydrogen) atoms. The van der Waals surface area contributed by atoms with Crippen molar-refractivity contribution in [2.75, 3.05) is 5.32 Å². The Labute approximate surface area is 202 Å². The summed E-state index contributed by atoms with van der Waals surface area (Å²) in [5.41, 5.74) is 2.42. The van der Waals surface area contributed by atoms with Crippen molar-refractivity contribution in [3.63, 3.8) is 0 Å². The maximum atomic E-state index is 13.8. The highest BCUT2D eigenvalue weighted by Crippen LogP contribution is 2.44. The van der Waals surface area contributed by atoms with Crippen molar-refractivity contribution in [1.82, 2.24) is 19.9 Å². The highest BCUT2D eigenvalue weighted by Gasteiger charge is 2.37. The molecule has 3 aromatic heterocycles. The first-order chi connectivity index (χ1) is 16.8. The van der Waals surface area contributed by atoms with E-state index in [4.69, 9.17) is 4.74 Å². The predicted octanol–water partition coefficient (Wildman–Crippen LogP) is 5.80. The molecular formula is C26H27F2N5O2. The van der Waals surface area contributed by atoms with Crippen LogP contribution in [0.2, 0.25) is 0 Å². The summed E-state index contributed by atoms with van der Waals surface area (Å²) >= 11 is 0. The topological polar surface area (TPSA) is 89.9 Å². The SMILES string of the molecule is CC1(Oc2ncc(C(=O)Nc3c(-c4ccccn4)ccnc3C3CCC(F)(F)CC3)cn2)CCC1. The number of rotatable bonds is 6. The van der Waals surface area contributed by atoms with Crippen molar-refractivity contribution in [2.45, 2.75) is 69.3 Å². The van der Waals surface area contributed by atoms with Crippen molar-refractivity contribution in [3.05, 3.63) is 60.3 Å². The molecule has 2 saturated carbocycles. The molecule has 182 valence electrons. The largest absolute Gasteiger partial charge is 0.457 e. The van der Waals surface area contributed by atoms with Gasteiger partial charge < -0.3 is 10.1 Å². The lowest BCUT2D eigenvalue weighted by molar-refractivity contribution is -0.0384. The Kier molecular flexibility index (Phi) is 6.17. The van der Waals surface area contributed by atoms with Gasteiger partial charge in [-0.3, -0.25) is 14.8 Å². The van der Waals surface area contributed by atoms with Crippen LogP contribution >= 0.6 is 0 Å². The second-order valence-corrected chi connectivity index (χ2v) is 9.58. The minimum Gasteiger partial charge on any atom is -0.457 e. The van der Waals surface area contributed by atoms with Gasteiger partial charge in [0.25, 0.3) is 5.91 Å². The third-order valence-corrected chi connectivity index (χ3v) is 6.90. The smallest absolute Gasteiger partial charge is 0.316 e. The second-order valence-electron chi connectivity index (χ2n) is 9.58. The molecule has 0 atom stereocenters. The van der Waals surface area contributed by atoms with E-state index in [0.29, 0.717) is 35.5 Å². The predicted molar refractivity (Wildman–Crippen MR) is 126 cm³/mol. The third-order valence-electron chi connectivity index (χ3n) is 6.90. The zero-order valence-electron chi connectivity index (χ0n) is 19.5. The molecule has 0 aliphatic heterocycles. The Morgan fingerprint density at radius 1 is 1.00 bits per heavy atom. The van der Waals surface area contributed by atoms with Crippen LogP contribution in [-0.4, -0.2) is 37.4 Å². The number of ether oxygens (including phenoxy) is 1. The molecule has 5 rings (SSSR count). The number of hydrogen-bond acceptors (Lipinski definition) is 6. The number of halogens is 2. The number of carbonyl (C=O) groups is 1. The summed E-state index contributed by atoms with van der Waals surface area (Å²) in [6.07, 6.45) is 9.36. The fraction of sp³-hybridized carbons (Fsp3) is 0.423. The van der Waals surface area contributed by atoms with Crippen molar-refractivity contribution >= 4 is 11.6 Å². The summed E-state index contributed by atoms with van der Waals surface area (Å²) in [5.74, 6) is -3.27. The molecule has 0 radical (unpaired) electrons. The number of hydrogen-bond donors (Lipinski definition) is 1. The number of amides is 1. The van der Waals surface area contributed by atoms with Gasteiger partial charge in [0, 0.05) is 49.1 Å². The molecule has 2 aliphatic carbocycles. The molecule has 1 amide bonds. The minimum atomic E-state index is -2.66. The number of aromatic nitrogens is 4. The number of nitrogens with zero attached hydrogens (tertiary/aromatic N) is 4. The van der Waals surface area contributed by atoms with E-state index in [2.05, 4.69) is 25.3 Å². The first-order valence-electron chi connectivity index (χ1n) is 11.9. The average Bonchev–Trinajstić information content (AvgIpc) is 2.84. The highest BCUT2D eigenvalue weighted by atomic mass is 19.3. The standard InChI is InChI=1S/C26H27F2N5O2/c1-25(9-4-10-25)35-24-31-15-18(16-32-24)23(34)33-22-19(20-5-2-3-13-29-20)8-14-30-21(22)17-6-11-26(27,28)12-7-17/h2-3,5,8,13-17H,4,6-7,9-12H2,1H3,(H,33,34). The van der Waals surface area contributed by atoms with E-state index in [-0.39, 0.29) is 35.9 Å². The maximum absolute atomic E-state index is 13.8. The molecule has 0 aromatic carbocycles. The van der Waals surface area contributed by atoms with Gasteiger partial charge in [-0.1, -0.05) is 6.07 Å². The first-order valence-corrected chi connectivity index (χ1v) is 11.9. The monoisotopic (exact) mass is 479 g/mol. The quantitative estimate of drug-likeness (QED) is 0.481. The zero-order chi connectivity index (χ0) is 24.5. The van der Waals surface area contributed by atoms with Gasteiger partial charge in [0.15, 0.2) is 0 Å². The van der Waals surface area contributed by atoms with Crippen molar-refractivity contribution in [1.29, 1.82) is 0 Å². The van der Waals surface area contributed by atoms with Crippen LogP contribution in [-0.2, 0) is 0 Å². The molecule has 9 heteroatoms. The molecule has 0 saturated heterocycles. The Morgan fingerprint density at radius 2 is 1.74 bits per heavy atom. The van der Waals surface area contributed by atoms with Crippen molar-refractivity contribution in [2.24, 2.45) is 0 Å². The van der Waals surface area contributed by atoms with Crippen molar-refractivity contribution < 1.29 is 18.3 Å². The first kappa shape index (κ1) is 23.3. The number of carbonyl (C=O) groups excluding carboxylic acids is 1. The van der Waals surface area contributed by atoms with Gasteiger partial charge in [-0.05, 0) is 57.2 Å². The summed E-state index contributed by atoms with van der Waals surface area (Å²) in [6.45, 7) is 2.02. The Bertz CT molecular complexity index is 1190. The fourth-order valence-electron chi connectivity index (χ4n) is 4.64. The molecule has 0 bridgehead atoms. The second kappa shape index (κ2) is 9.28. The van der Waals surface area contributed by atoms with Gasteiger partial charge in [0.1, 0.15) is 5.60 Å². The van der Waals surface area contributed by atoms with Crippen LogP contribution < -0.4 is 10.1 Å². The van der Waals surface area contributed by atoms with Gasteiger partial charge in [0.2, 0.25) is 5.92 Å². The van der Waals surface area contributed by atoms with E-state index < -0.39 is 11.8 Å². The number of pyridine rings is 2. The van der Waals surface area contributed by atoms with E-state index in [1.54, 1.807) is 24.5 Å². The summed E-state index contributed by atoms with van der Waals surface area (Å²) in [4.78, 5) is 30.6. The van der Waals surface area contributed by atoms with Crippen LogP contribution in [0, 0.1) is 0 Å². The average molecular weight is 480 g/mol. The lowest BCUT2D eigenvalue weighted by atomic mass is 9.82. The van der Waals surface area contributed by atoms with E-state index in [9.17, 15) is 13.6 Å². The molecular weight excluding hydrogens is 452 g/mol. The van der Waals surface area contributed by atoms with E-state index >= 15 is 0 Å². The molecule has 3 aromatic rings. The lowest BCUT2D eigenvalue weighted by Gasteiger charge is -2.37. The highest BCUT2D eigenvalue weighted by molar-refractivity contribution is 6.06. The summed E-state index contributed by atoms with van der Waals surface area (Å²) in [5, 5.41) is 2.95. The minimum absolute atomic E-state index is 0.191. The van der Waals surface area contributed by atoms with Crippen LogP contribution in [0.25, 0.3) is 11.3 Å². The molecule has 7 nitrogen and oxygen atoms in total. The van der Waals surface area contributed by atoms with E-state index in [1.807, 2.05) is 19.1 Å². The van der Waals surface area contributed by atoms with Crippen molar-refractivity contribution in [3.8, 4) is 17.3 Å². The Balaban J connectivity index is 1.43. The van der Waals surface area contributed by atoms with Gasteiger partial charge in [-0.25, -0.2) is 18.7 Å². The maximum Gasteiger partial charge on any atom is 0.316 e.